The molecule has 0 unspecified atom stereocenters. The summed E-state index contributed by atoms with van der Waals surface area (Å²) < 4.78 is 37.7. The lowest BCUT2D eigenvalue weighted by Crippen LogP contribution is -2.39. The van der Waals surface area contributed by atoms with Gasteiger partial charge in [-0.2, -0.15) is 18.4 Å². The number of piperidine rings is 1. The summed E-state index contributed by atoms with van der Waals surface area (Å²) in [4.78, 5) is 1.85. The van der Waals surface area contributed by atoms with Gasteiger partial charge in [-0.15, -0.1) is 0 Å². The van der Waals surface area contributed by atoms with E-state index in [1.807, 2.05) is 11.0 Å². The predicted molar refractivity (Wildman–Crippen MR) is 66.6 cm³/mol. The van der Waals surface area contributed by atoms with Crippen LogP contribution >= 0.6 is 0 Å². The molecule has 0 atom stereocenters. The number of nitriles is 1. The Kier molecular flexibility index (Phi) is 3.56. The Morgan fingerprint density at radius 3 is 2.37 bits per heavy atom. The third kappa shape index (κ3) is 2.92. The standard InChI is InChI=1S/C13H14F3N3/c14-13(15,16)10-3-5-19(6-4-10)12-2-1-9(8-17)7-11(12)18/h1-2,7,10H,3-6,18H2. The van der Waals surface area contributed by atoms with Crippen LogP contribution in [0.15, 0.2) is 18.2 Å². The van der Waals surface area contributed by atoms with Gasteiger partial charge in [0.1, 0.15) is 0 Å². The average molecular weight is 269 g/mol. The van der Waals surface area contributed by atoms with Gasteiger partial charge in [-0.05, 0) is 31.0 Å². The van der Waals surface area contributed by atoms with E-state index in [-0.39, 0.29) is 12.8 Å². The third-order valence-electron chi connectivity index (χ3n) is 3.46. The fraction of sp³-hybridized carbons (Fsp3) is 0.462. The summed E-state index contributed by atoms with van der Waals surface area (Å²) in [6.45, 7) is 0.667. The molecule has 1 heterocycles. The monoisotopic (exact) mass is 269 g/mol. The van der Waals surface area contributed by atoms with E-state index in [1.165, 1.54) is 0 Å². The molecule has 102 valence electrons. The molecule has 2 N–H and O–H groups in total. The molecule has 1 fully saturated rings. The van der Waals surface area contributed by atoms with Crippen LogP contribution in [0.4, 0.5) is 24.5 Å². The Labute approximate surface area is 109 Å². The predicted octanol–water partition coefficient (Wildman–Crippen LogP) is 2.92. The second-order valence-corrected chi connectivity index (χ2v) is 4.69. The minimum absolute atomic E-state index is 0.0863. The van der Waals surface area contributed by atoms with Crippen LogP contribution < -0.4 is 10.6 Å². The van der Waals surface area contributed by atoms with Gasteiger partial charge in [-0.25, -0.2) is 0 Å². The zero-order valence-corrected chi connectivity index (χ0v) is 10.2. The summed E-state index contributed by atoms with van der Waals surface area (Å²) in [7, 11) is 0. The summed E-state index contributed by atoms with van der Waals surface area (Å²) >= 11 is 0. The smallest absolute Gasteiger partial charge is 0.391 e. The summed E-state index contributed by atoms with van der Waals surface area (Å²) in [6.07, 6.45) is -3.94. The molecule has 0 radical (unpaired) electrons. The molecule has 19 heavy (non-hydrogen) atoms. The Morgan fingerprint density at radius 2 is 1.89 bits per heavy atom. The van der Waals surface area contributed by atoms with Crippen LogP contribution in [0.2, 0.25) is 0 Å². The molecule has 1 aromatic carbocycles. The lowest BCUT2D eigenvalue weighted by molar-refractivity contribution is -0.179. The molecular weight excluding hydrogens is 255 g/mol. The SMILES string of the molecule is N#Cc1ccc(N2CCC(C(F)(F)F)CC2)c(N)c1. The van der Waals surface area contributed by atoms with Crippen LogP contribution in [0.1, 0.15) is 18.4 Å². The zero-order valence-electron chi connectivity index (χ0n) is 10.2. The Hall–Kier alpha value is -1.90. The van der Waals surface area contributed by atoms with E-state index >= 15 is 0 Å². The Balaban J connectivity index is 2.08. The minimum atomic E-state index is -4.11. The largest absolute Gasteiger partial charge is 0.397 e. The number of alkyl halides is 3. The molecule has 6 heteroatoms. The molecule has 0 spiro atoms. The highest BCUT2D eigenvalue weighted by atomic mass is 19.4. The van der Waals surface area contributed by atoms with E-state index < -0.39 is 12.1 Å². The number of rotatable bonds is 1. The van der Waals surface area contributed by atoms with Gasteiger partial charge in [-0.1, -0.05) is 0 Å². The van der Waals surface area contributed by atoms with Crippen molar-refractivity contribution in [3.8, 4) is 6.07 Å². The van der Waals surface area contributed by atoms with Gasteiger partial charge in [0.15, 0.2) is 0 Å². The number of nitrogens with zero attached hydrogens (tertiary/aromatic N) is 2. The summed E-state index contributed by atoms with van der Waals surface area (Å²) in [5.74, 6) is -1.22. The number of anilines is 2. The molecular formula is C13H14F3N3. The first-order chi connectivity index (χ1) is 8.91. The van der Waals surface area contributed by atoms with Gasteiger partial charge < -0.3 is 10.6 Å². The number of hydrogen-bond donors (Lipinski definition) is 1. The molecule has 0 saturated carbocycles. The van der Waals surface area contributed by atoms with Crippen molar-refractivity contribution in [2.24, 2.45) is 5.92 Å². The molecule has 0 bridgehead atoms. The third-order valence-corrected chi connectivity index (χ3v) is 3.46. The van der Waals surface area contributed by atoms with Crippen LogP contribution in [0.3, 0.4) is 0 Å². The number of halogens is 3. The maximum absolute atomic E-state index is 12.6. The van der Waals surface area contributed by atoms with Gasteiger partial charge in [0, 0.05) is 13.1 Å². The number of benzene rings is 1. The molecule has 1 aliphatic heterocycles. The van der Waals surface area contributed by atoms with Gasteiger partial charge >= 0.3 is 6.18 Å². The number of hydrogen-bond acceptors (Lipinski definition) is 3. The average Bonchev–Trinajstić information content (AvgIpc) is 2.37. The van der Waals surface area contributed by atoms with Gasteiger partial charge in [0.25, 0.3) is 0 Å². The zero-order chi connectivity index (χ0) is 14.0. The van der Waals surface area contributed by atoms with Gasteiger partial charge in [-0.3, -0.25) is 0 Å². The van der Waals surface area contributed by atoms with Crippen molar-refractivity contribution in [3.63, 3.8) is 0 Å². The van der Waals surface area contributed by atoms with Crippen molar-refractivity contribution < 1.29 is 13.2 Å². The molecule has 0 aliphatic carbocycles. The van der Waals surface area contributed by atoms with E-state index in [0.29, 0.717) is 30.0 Å². The molecule has 0 amide bonds. The molecule has 1 saturated heterocycles. The maximum Gasteiger partial charge on any atom is 0.391 e. The van der Waals surface area contributed by atoms with E-state index in [1.54, 1.807) is 18.2 Å². The van der Waals surface area contributed by atoms with Crippen molar-refractivity contribution in [1.29, 1.82) is 5.26 Å². The van der Waals surface area contributed by atoms with Crippen LogP contribution in [-0.2, 0) is 0 Å². The van der Waals surface area contributed by atoms with Crippen molar-refractivity contribution in [3.05, 3.63) is 23.8 Å². The lowest BCUT2D eigenvalue weighted by Gasteiger charge is -2.35. The summed E-state index contributed by atoms with van der Waals surface area (Å²) in [6, 6.07) is 6.85. The van der Waals surface area contributed by atoms with Gasteiger partial charge in [0.05, 0.1) is 28.9 Å². The Morgan fingerprint density at radius 1 is 1.26 bits per heavy atom. The fourth-order valence-electron chi connectivity index (χ4n) is 2.36. The molecule has 0 aromatic heterocycles. The number of nitrogens with two attached hydrogens (primary N) is 1. The number of nitrogen functional groups attached to an aromatic ring is 1. The van der Waals surface area contributed by atoms with Crippen LogP contribution in [0.5, 0.6) is 0 Å². The first-order valence-corrected chi connectivity index (χ1v) is 6.03. The molecule has 1 aliphatic rings. The maximum atomic E-state index is 12.6. The van der Waals surface area contributed by atoms with Crippen molar-refractivity contribution in [1.82, 2.24) is 0 Å². The second kappa shape index (κ2) is 5.00. The second-order valence-electron chi connectivity index (χ2n) is 4.69. The Bertz CT molecular complexity index is 497. The fourth-order valence-corrected chi connectivity index (χ4v) is 2.36. The molecule has 3 nitrogen and oxygen atoms in total. The highest BCUT2D eigenvalue weighted by molar-refractivity contribution is 5.69. The highest BCUT2D eigenvalue weighted by Gasteiger charge is 2.41. The summed E-state index contributed by atoms with van der Waals surface area (Å²) in [5.41, 5.74) is 7.43. The summed E-state index contributed by atoms with van der Waals surface area (Å²) in [5, 5.41) is 8.74. The highest BCUT2D eigenvalue weighted by Crippen LogP contribution is 2.36. The minimum Gasteiger partial charge on any atom is -0.397 e. The normalized spacial score (nSPS) is 17.3. The molecule has 2 rings (SSSR count). The molecule has 1 aromatic rings. The van der Waals surface area contributed by atoms with Crippen molar-refractivity contribution >= 4 is 11.4 Å². The topological polar surface area (TPSA) is 53.0 Å². The van der Waals surface area contributed by atoms with Gasteiger partial charge in [0.2, 0.25) is 0 Å². The van der Waals surface area contributed by atoms with Crippen molar-refractivity contribution in [2.45, 2.75) is 19.0 Å². The quantitative estimate of drug-likeness (QED) is 0.797. The van der Waals surface area contributed by atoms with E-state index in [9.17, 15) is 13.2 Å². The van der Waals surface area contributed by atoms with Crippen LogP contribution in [0, 0.1) is 17.2 Å². The van der Waals surface area contributed by atoms with E-state index in [4.69, 9.17) is 11.0 Å². The first kappa shape index (κ1) is 13.5. The van der Waals surface area contributed by atoms with Crippen molar-refractivity contribution in [2.75, 3.05) is 23.7 Å². The van der Waals surface area contributed by atoms with Crippen LogP contribution in [0.25, 0.3) is 0 Å². The first-order valence-electron chi connectivity index (χ1n) is 6.03. The van der Waals surface area contributed by atoms with E-state index in [0.717, 1.165) is 0 Å². The van der Waals surface area contributed by atoms with E-state index in [2.05, 4.69) is 0 Å². The van der Waals surface area contributed by atoms with Crippen LogP contribution in [-0.4, -0.2) is 19.3 Å². The lowest BCUT2D eigenvalue weighted by atomic mass is 9.95.